The van der Waals surface area contributed by atoms with E-state index in [-0.39, 0.29) is 25.4 Å². The molecule has 0 bridgehead atoms. The highest BCUT2D eigenvalue weighted by Gasteiger charge is 2.29. The van der Waals surface area contributed by atoms with Gasteiger partial charge in [0.1, 0.15) is 12.6 Å². The van der Waals surface area contributed by atoms with Gasteiger partial charge in [0, 0.05) is 24.8 Å². The van der Waals surface area contributed by atoms with Gasteiger partial charge in [0.05, 0.1) is 0 Å². The highest BCUT2D eigenvalue weighted by molar-refractivity contribution is 5.84. The smallest absolute Gasteiger partial charge is 0.407 e. The molecule has 3 N–H and O–H groups in total. The fourth-order valence-electron chi connectivity index (χ4n) is 3.83. The van der Waals surface area contributed by atoms with E-state index in [1.807, 2.05) is 36.4 Å². The summed E-state index contributed by atoms with van der Waals surface area (Å²) in [6.07, 6.45) is -0.682. The van der Waals surface area contributed by atoms with Crippen LogP contribution in [0.2, 0.25) is 0 Å². The molecule has 2 aromatic rings. The Balaban J connectivity index is 1.52. The summed E-state index contributed by atoms with van der Waals surface area (Å²) in [6, 6.07) is 14.5. The fourth-order valence-corrected chi connectivity index (χ4v) is 3.83. The van der Waals surface area contributed by atoms with Gasteiger partial charge in [0.15, 0.2) is 0 Å². The van der Waals surface area contributed by atoms with Gasteiger partial charge in [-0.05, 0) is 36.1 Å². The van der Waals surface area contributed by atoms with Crippen LogP contribution in [0.5, 0.6) is 0 Å². The molecule has 0 fully saturated rings. The quantitative estimate of drug-likeness (QED) is 0.553. The summed E-state index contributed by atoms with van der Waals surface area (Å²) >= 11 is 0. The molecule has 7 nitrogen and oxygen atoms in total. The van der Waals surface area contributed by atoms with E-state index in [1.165, 1.54) is 0 Å². The molecule has 7 heteroatoms. The number of fused-ring (bicyclic) bond motifs is 3. The molecule has 0 saturated carbocycles. The number of ether oxygens (including phenoxy) is 1. The minimum atomic E-state index is -1.15. The molecule has 166 valence electrons. The summed E-state index contributed by atoms with van der Waals surface area (Å²) in [4.78, 5) is 35.7. The molecule has 0 radical (unpaired) electrons. The van der Waals surface area contributed by atoms with E-state index < -0.39 is 30.1 Å². The summed E-state index contributed by atoms with van der Waals surface area (Å²) in [6.45, 7) is 3.43. The van der Waals surface area contributed by atoms with E-state index in [1.54, 1.807) is 13.8 Å². The van der Waals surface area contributed by atoms with Crippen LogP contribution >= 0.6 is 0 Å². The molecule has 0 saturated heterocycles. The monoisotopic (exact) mass is 434 g/mol. The third-order valence-corrected chi connectivity index (χ3v) is 5.32. The van der Waals surface area contributed by atoms with Crippen molar-refractivity contribution in [1.29, 1.82) is 0 Å². The first-order chi connectivity index (χ1) is 15.4. The molecule has 0 heterocycles. The molecule has 1 unspecified atom stereocenters. The molecular formula is C25H26N2O5. The highest BCUT2D eigenvalue weighted by Crippen LogP contribution is 2.44. The Hall–Kier alpha value is -3.79. The number of carbonyl (C=O) groups is 3. The Labute approximate surface area is 187 Å². The number of benzene rings is 2. The lowest BCUT2D eigenvalue weighted by Crippen LogP contribution is -2.44. The van der Waals surface area contributed by atoms with Crippen LogP contribution in [-0.2, 0) is 14.3 Å². The van der Waals surface area contributed by atoms with E-state index in [0.717, 1.165) is 22.3 Å². The molecule has 32 heavy (non-hydrogen) atoms. The van der Waals surface area contributed by atoms with Gasteiger partial charge in [-0.15, -0.1) is 11.8 Å². The van der Waals surface area contributed by atoms with E-state index in [4.69, 9.17) is 9.84 Å². The van der Waals surface area contributed by atoms with E-state index in [0.29, 0.717) is 0 Å². The zero-order valence-electron chi connectivity index (χ0n) is 18.1. The normalized spacial score (nSPS) is 13.6. The standard InChI is InChI=1S/C25H26N2O5/c1-3-4-13-22(24(29)30)27-23(28)14-16(2)26-25(31)32-15-21-19-11-7-5-9-17(19)18-10-6-8-12-20(18)21/h5-12,16,21-22H,13-15H2,1-2H3,(H,26,31)(H,27,28)(H,29,30)/t16-,22?/m0/s1. The van der Waals surface area contributed by atoms with Crippen LogP contribution in [0.3, 0.4) is 0 Å². The Kier molecular flexibility index (Phi) is 7.50. The Bertz CT molecular complexity index is 1020. The van der Waals surface area contributed by atoms with Crippen molar-refractivity contribution in [2.45, 2.75) is 44.7 Å². The first-order valence-electron chi connectivity index (χ1n) is 10.4. The van der Waals surface area contributed by atoms with Crippen molar-refractivity contribution >= 4 is 18.0 Å². The van der Waals surface area contributed by atoms with Crippen LogP contribution in [0.25, 0.3) is 11.1 Å². The highest BCUT2D eigenvalue weighted by atomic mass is 16.5. The summed E-state index contributed by atoms with van der Waals surface area (Å²) in [5, 5.41) is 14.2. The molecule has 1 aliphatic rings. The second-order valence-corrected chi connectivity index (χ2v) is 7.66. The Morgan fingerprint density at radius 3 is 2.19 bits per heavy atom. The number of aliphatic carboxylic acids is 1. The number of alkyl carbamates (subject to hydrolysis) is 1. The summed E-state index contributed by atoms with van der Waals surface area (Å²) in [5.41, 5.74) is 4.51. The summed E-state index contributed by atoms with van der Waals surface area (Å²) in [7, 11) is 0. The maximum absolute atomic E-state index is 12.3. The minimum Gasteiger partial charge on any atom is -0.480 e. The molecule has 0 aromatic heterocycles. The van der Waals surface area contributed by atoms with E-state index in [9.17, 15) is 14.4 Å². The number of carboxylic acids is 1. The molecule has 3 rings (SSSR count). The SMILES string of the molecule is CC#CCC(NC(=O)C[C@H](C)NC(=O)OCC1c2ccccc2-c2ccccc21)C(=O)O. The second kappa shape index (κ2) is 10.5. The van der Waals surface area contributed by atoms with Crippen LogP contribution in [0.1, 0.15) is 43.7 Å². The zero-order valence-corrected chi connectivity index (χ0v) is 18.1. The molecule has 0 aliphatic heterocycles. The fraction of sp³-hybridized carbons (Fsp3) is 0.320. The topological polar surface area (TPSA) is 105 Å². The first kappa shape index (κ1) is 22.9. The summed E-state index contributed by atoms with van der Waals surface area (Å²) in [5.74, 6) is 3.56. The third kappa shape index (κ3) is 5.46. The van der Waals surface area contributed by atoms with E-state index >= 15 is 0 Å². The van der Waals surface area contributed by atoms with Crippen LogP contribution in [0, 0.1) is 11.8 Å². The van der Waals surface area contributed by atoms with E-state index in [2.05, 4.69) is 34.6 Å². The van der Waals surface area contributed by atoms with Crippen LogP contribution in [0.15, 0.2) is 48.5 Å². The van der Waals surface area contributed by atoms with Gasteiger partial charge in [-0.25, -0.2) is 9.59 Å². The Morgan fingerprint density at radius 1 is 1.03 bits per heavy atom. The van der Waals surface area contributed by atoms with Gasteiger partial charge in [0.25, 0.3) is 0 Å². The van der Waals surface area contributed by atoms with Crippen molar-refractivity contribution in [3.8, 4) is 23.0 Å². The molecule has 1 aliphatic carbocycles. The van der Waals surface area contributed by atoms with Gasteiger partial charge in [-0.2, -0.15) is 0 Å². The first-order valence-corrected chi connectivity index (χ1v) is 10.4. The molecule has 2 aromatic carbocycles. The zero-order chi connectivity index (χ0) is 23.1. The van der Waals surface area contributed by atoms with Gasteiger partial charge >= 0.3 is 12.1 Å². The molecule has 2 amide bonds. The van der Waals surface area contributed by atoms with Crippen molar-refractivity contribution in [2.24, 2.45) is 0 Å². The predicted molar refractivity (Wildman–Crippen MR) is 120 cm³/mol. The van der Waals surface area contributed by atoms with Crippen molar-refractivity contribution in [3.05, 3.63) is 59.7 Å². The van der Waals surface area contributed by atoms with Crippen LogP contribution in [-0.4, -0.2) is 41.8 Å². The van der Waals surface area contributed by atoms with Gasteiger partial charge in [-0.3, -0.25) is 4.79 Å². The third-order valence-electron chi connectivity index (χ3n) is 5.32. The number of carboxylic acid groups (broad SMARTS) is 1. The number of carbonyl (C=O) groups excluding carboxylic acids is 2. The number of rotatable bonds is 8. The number of hydrogen-bond acceptors (Lipinski definition) is 4. The molecule has 0 spiro atoms. The van der Waals surface area contributed by atoms with Crippen molar-refractivity contribution in [3.63, 3.8) is 0 Å². The minimum absolute atomic E-state index is 0.0196. The van der Waals surface area contributed by atoms with Gasteiger partial charge in [0.2, 0.25) is 5.91 Å². The Morgan fingerprint density at radius 2 is 1.62 bits per heavy atom. The van der Waals surface area contributed by atoms with Crippen molar-refractivity contribution in [2.75, 3.05) is 6.61 Å². The van der Waals surface area contributed by atoms with Crippen LogP contribution in [0.4, 0.5) is 4.79 Å². The number of hydrogen-bond donors (Lipinski definition) is 3. The number of nitrogens with one attached hydrogen (secondary N) is 2. The maximum atomic E-state index is 12.3. The average molecular weight is 434 g/mol. The van der Waals surface area contributed by atoms with Crippen LogP contribution < -0.4 is 10.6 Å². The lowest BCUT2D eigenvalue weighted by molar-refractivity contribution is -0.141. The lowest BCUT2D eigenvalue weighted by Gasteiger charge is -2.18. The van der Waals surface area contributed by atoms with Crippen molar-refractivity contribution < 1.29 is 24.2 Å². The molecule has 2 atom stereocenters. The largest absolute Gasteiger partial charge is 0.480 e. The number of amides is 2. The lowest BCUT2D eigenvalue weighted by atomic mass is 9.98. The van der Waals surface area contributed by atoms with Gasteiger partial charge < -0.3 is 20.5 Å². The average Bonchev–Trinajstić information content (AvgIpc) is 3.08. The predicted octanol–water partition coefficient (Wildman–Crippen LogP) is 3.29. The van der Waals surface area contributed by atoms with Gasteiger partial charge in [-0.1, -0.05) is 48.5 Å². The summed E-state index contributed by atoms with van der Waals surface area (Å²) < 4.78 is 5.47. The molecular weight excluding hydrogens is 408 g/mol. The second-order valence-electron chi connectivity index (χ2n) is 7.66. The maximum Gasteiger partial charge on any atom is 0.407 e. The van der Waals surface area contributed by atoms with Crippen molar-refractivity contribution in [1.82, 2.24) is 10.6 Å².